The standard InChI is InChI=1S/C17H17N3O5/c1-3-15-23-11-14(25-15)20(16(18)21)10-9-12(2)19-17(22)24-13-7-5-4-6-8-13/h1,4-10,14-15H,2,11H2,(H2,18,21)(H,19,22)/b10-9-/t14-,15-/m0/s1. The molecule has 0 bridgehead atoms. The van der Waals surface area contributed by atoms with E-state index in [9.17, 15) is 9.59 Å². The number of primary amides is 1. The number of hydrogen-bond donors (Lipinski definition) is 2. The van der Waals surface area contributed by atoms with Crippen molar-refractivity contribution in [3.8, 4) is 18.1 Å². The van der Waals surface area contributed by atoms with Crippen LogP contribution in [0, 0.1) is 12.3 Å². The van der Waals surface area contributed by atoms with E-state index in [2.05, 4.69) is 17.8 Å². The summed E-state index contributed by atoms with van der Waals surface area (Å²) in [6.07, 6.45) is 5.52. The minimum atomic E-state index is -0.845. The summed E-state index contributed by atoms with van der Waals surface area (Å²) in [6.45, 7) is 3.71. The van der Waals surface area contributed by atoms with Crippen LogP contribution in [0.5, 0.6) is 5.75 Å². The van der Waals surface area contributed by atoms with Gasteiger partial charge in [-0.05, 0) is 24.1 Å². The minimum Gasteiger partial charge on any atom is -0.410 e. The molecule has 1 heterocycles. The maximum Gasteiger partial charge on any atom is 0.417 e. The van der Waals surface area contributed by atoms with Crippen LogP contribution >= 0.6 is 0 Å². The summed E-state index contributed by atoms with van der Waals surface area (Å²) < 4.78 is 15.5. The molecule has 0 aliphatic carbocycles. The summed E-state index contributed by atoms with van der Waals surface area (Å²) in [7, 11) is 0. The number of benzene rings is 1. The molecule has 8 heteroatoms. The minimum absolute atomic E-state index is 0.0676. The van der Waals surface area contributed by atoms with Crippen molar-refractivity contribution in [1.82, 2.24) is 10.2 Å². The smallest absolute Gasteiger partial charge is 0.410 e. The van der Waals surface area contributed by atoms with E-state index in [1.165, 1.54) is 12.3 Å². The molecule has 1 aliphatic rings. The van der Waals surface area contributed by atoms with Crippen molar-refractivity contribution in [3.05, 3.63) is 54.9 Å². The van der Waals surface area contributed by atoms with Crippen LogP contribution in [0.2, 0.25) is 0 Å². The quantitative estimate of drug-likeness (QED) is 0.623. The molecule has 0 radical (unpaired) electrons. The Morgan fingerprint density at radius 1 is 1.44 bits per heavy atom. The number of amides is 3. The number of nitrogens with zero attached hydrogens (tertiary/aromatic N) is 1. The molecule has 1 fully saturated rings. The van der Waals surface area contributed by atoms with Crippen LogP contribution in [-0.2, 0) is 9.47 Å². The van der Waals surface area contributed by atoms with Crippen LogP contribution in [-0.4, -0.2) is 36.1 Å². The fourth-order valence-electron chi connectivity index (χ4n) is 1.90. The molecule has 0 aromatic heterocycles. The van der Waals surface area contributed by atoms with Gasteiger partial charge in [-0.2, -0.15) is 0 Å². The molecule has 2 rings (SSSR count). The van der Waals surface area contributed by atoms with Crippen LogP contribution < -0.4 is 15.8 Å². The van der Waals surface area contributed by atoms with Crippen molar-refractivity contribution < 1.29 is 23.8 Å². The van der Waals surface area contributed by atoms with Gasteiger partial charge in [0.2, 0.25) is 6.29 Å². The summed E-state index contributed by atoms with van der Waals surface area (Å²) in [4.78, 5) is 24.3. The Morgan fingerprint density at radius 2 is 2.16 bits per heavy atom. The van der Waals surface area contributed by atoms with Gasteiger partial charge in [-0.15, -0.1) is 6.42 Å². The number of carbonyl (C=O) groups excluding carboxylic acids is 2. The van der Waals surface area contributed by atoms with E-state index in [1.54, 1.807) is 30.3 Å². The fraction of sp³-hybridized carbons (Fsp3) is 0.176. The zero-order chi connectivity index (χ0) is 18.2. The summed E-state index contributed by atoms with van der Waals surface area (Å²) in [5, 5.41) is 2.41. The van der Waals surface area contributed by atoms with Gasteiger partial charge in [-0.1, -0.05) is 24.8 Å². The van der Waals surface area contributed by atoms with Crippen molar-refractivity contribution in [2.24, 2.45) is 5.73 Å². The maximum absolute atomic E-state index is 11.7. The number of para-hydroxylation sites is 1. The van der Waals surface area contributed by atoms with Gasteiger partial charge in [-0.3, -0.25) is 10.2 Å². The Morgan fingerprint density at radius 3 is 2.76 bits per heavy atom. The molecule has 1 aromatic rings. The average molecular weight is 343 g/mol. The maximum atomic E-state index is 11.7. The zero-order valence-electron chi connectivity index (χ0n) is 13.3. The Labute approximate surface area is 144 Å². The number of terminal acetylenes is 1. The lowest BCUT2D eigenvalue weighted by molar-refractivity contribution is -0.0364. The number of carbonyl (C=O) groups is 2. The second-order valence-corrected chi connectivity index (χ2v) is 4.84. The third kappa shape index (κ3) is 5.39. The second kappa shape index (κ2) is 8.54. The summed E-state index contributed by atoms with van der Waals surface area (Å²) in [6, 6.07) is 7.75. The molecule has 3 N–H and O–H groups in total. The van der Waals surface area contributed by atoms with Crippen molar-refractivity contribution in [2.45, 2.75) is 12.5 Å². The summed E-state index contributed by atoms with van der Waals surface area (Å²) >= 11 is 0. The molecule has 1 aromatic carbocycles. The number of hydrogen-bond acceptors (Lipinski definition) is 5. The second-order valence-electron chi connectivity index (χ2n) is 4.84. The molecule has 0 unspecified atom stereocenters. The number of rotatable bonds is 5. The van der Waals surface area contributed by atoms with Gasteiger partial charge in [0.1, 0.15) is 5.75 Å². The van der Waals surface area contributed by atoms with Crippen molar-refractivity contribution in [1.29, 1.82) is 0 Å². The van der Waals surface area contributed by atoms with Gasteiger partial charge in [0.15, 0.2) is 6.23 Å². The number of ether oxygens (including phenoxy) is 3. The molecule has 3 amide bonds. The summed E-state index contributed by atoms with van der Waals surface area (Å²) in [5.74, 6) is 2.65. The Bertz CT molecular complexity index is 711. The predicted octanol–water partition coefficient (Wildman–Crippen LogP) is 1.52. The number of nitrogens with one attached hydrogen (secondary N) is 1. The zero-order valence-corrected chi connectivity index (χ0v) is 13.3. The normalized spacial score (nSPS) is 19.2. The SMILES string of the molecule is C#C[C@H]1OC[C@@H](N(/C=C\C(=C)NC(=O)Oc2ccccc2)C(N)=O)O1. The van der Waals surface area contributed by atoms with Crippen LogP contribution in [0.3, 0.4) is 0 Å². The van der Waals surface area contributed by atoms with E-state index in [0.29, 0.717) is 5.75 Å². The fourth-order valence-corrected chi connectivity index (χ4v) is 1.90. The molecule has 0 spiro atoms. The number of nitrogens with two attached hydrogens (primary N) is 1. The Hall–Kier alpha value is -3.28. The van der Waals surface area contributed by atoms with Crippen LogP contribution in [0.25, 0.3) is 0 Å². The van der Waals surface area contributed by atoms with Crippen LogP contribution in [0.1, 0.15) is 0 Å². The predicted molar refractivity (Wildman–Crippen MR) is 88.8 cm³/mol. The Kier molecular flexibility index (Phi) is 6.17. The Balaban J connectivity index is 1.89. The highest BCUT2D eigenvalue weighted by molar-refractivity contribution is 5.74. The van der Waals surface area contributed by atoms with E-state index >= 15 is 0 Å². The molecule has 130 valence electrons. The molecule has 1 saturated heterocycles. The van der Waals surface area contributed by atoms with Crippen molar-refractivity contribution in [2.75, 3.05) is 6.61 Å². The molecular formula is C17H17N3O5. The van der Waals surface area contributed by atoms with E-state index in [0.717, 1.165) is 4.90 Å². The molecule has 25 heavy (non-hydrogen) atoms. The third-order valence-electron chi connectivity index (χ3n) is 3.02. The van der Waals surface area contributed by atoms with E-state index < -0.39 is 24.6 Å². The monoisotopic (exact) mass is 343 g/mol. The van der Waals surface area contributed by atoms with Gasteiger partial charge < -0.3 is 19.9 Å². The lowest BCUT2D eigenvalue weighted by Crippen LogP contribution is -2.41. The van der Waals surface area contributed by atoms with Crippen molar-refractivity contribution in [3.63, 3.8) is 0 Å². The van der Waals surface area contributed by atoms with Gasteiger partial charge in [0.25, 0.3) is 0 Å². The lowest BCUT2D eigenvalue weighted by Gasteiger charge is -2.21. The first-order valence-electron chi connectivity index (χ1n) is 7.21. The van der Waals surface area contributed by atoms with Gasteiger partial charge >= 0.3 is 12.1 Å². The summed E-state index contributed by atoms with van der Waals surface area (Å²) in [5.41, 5.74) is 5.48. The molecule has 1 aliphatic heterocycles. The first kappa shape index (κ1) is 18.1. The van der Waals surface area contributed by atoms with Crippen LogP contribution in [0.4, 0.5) is 9.59 Å². The third-order valence-corrected chi connectivity index (χ3v) is 3.02. The largest absolute Gasteiger partial charge is 0.417 e. The highest BCUT2D eigenvalue weighted by Crippen LogP contribution is 2.15. The number of urea groups is 1. The molecule has 0 saturated carbocycles. The van der Waals surface area contributed by atoms with Gasteiger partial charge in [0, 0.05) is 11.9 Å². The van der Waals surface area contributed by atoms with E-state index in [1.807, 2.05) is 0 Å². The van der Waals surface area contributed by atoms with Crippen molar-refractivity contribution >= 4 is 12.1 Å². The molecular weight excluding hydrogens is 326 g/mol. The topological polar surface area (TPSA) is 103 Å². The van der Waals surface area contributed by atoms with E-state index in [-0.39, 0.29) is 12.3 Å². The highest BCUT2D eigenvalue weighted by Gasteiger charge is 2.30. The van der Waals surface area contributed by atoms with E-state index in [4.69, 9.17) is 26.4 Å². The first-order valence-corrected chi connectivity index (χ1v) is 7.21. The number of allylic oxidation sites excluding steroid dienone is 1. The van der Waals surface area contributed by atoms with Crippen LogP contribution in [0.15, 0.2) is 54.9 Å². The van der Waals surface area contributed by atoms with Gasteiger partial charge in [-0.25, -0.2) is 9.59 Å². The first-order chi connectivity index (χ1) is 12.0. The molecule has 8 nitrogen and oxygen atoms in total. The average Bonchev–Trinajstić information content (AvgIpc) is 3.04. The molecule has 2 atom stereocenters. The van der Waals surface area contributed by atoms with Gasteiger partial charge in [0.05, 0.1) is 6.61 Å². The lowest BCUT2D eigenvalue weighted by atomic mass is 10.3. The highest BCUT2D eigenvalue weighted by atomic mass is 16.7.